The van der Waals surface area contributed by atoms with E-state index in [0.29, 0.717) is 5.69 Å². The summed E-state index contributed by atoms with van der Waals surface area (Å²) < 4.78 is 38.1. The summed E-state index contributed by atoms with van der Waals surface area (Å²) in [7, 11) is 0. The minimum atomic E-state index is -4.44. The number of hydrogen-bond donors (Lipinski definition) is 1. The fourth-order valence-electron chi connectivity index (χ4n) is 2.81. The maximum Gasteiger partial charge on any atom is 0.432 e. The number of H-pyrrole nitrogens is 1. The van der Waals surface area contributed by atoms with Crippen LogP contribution >= 0.6 is 11.3 Å². The van der Waals surface area contributed by atoms with Gasteiger partial charge in [-0.25, -0.2) is 0 Å². The van der Waals surface area contributed by atoms with Crippen molar-refractivity contribution in [2.75, 3.05) is 18.0 Å². The Bertz CT molecular complexity index is 862. The van der Waals surface area contributed by atoms with Gasteiger partial charge in [0.1, 0.15) is 11.4 Å². The SMILES string of the molecule is CCCN(CCC)c1ccc(-c2ccc(-c3cc(C(F)(F)F)[nH]n3)nc2)s1. The predicted octanol–water partition coefficient (Wildman–Crippen LogP) is 5.85. The molecule has 27 heavy (non-hydrogen) atoms. The quantitative estimate of drug-likeness (QED) is 0.547. The molecule has 0 saturated carbocycles. The molecule has 0 saturated heterocycles. The van der Waals surface area contributed by atoms with Gasteiger partial charge >= 0.3 is 6.18 Å². The van der Waals surface area contributed by atoms with E-state index in [1.165, 1.54) is 5.00 Å². The lowest BCUT2D eigenvalue weighted by Gasteiger charge is -2.21. The summed E-state index contributed by atoms with van der Waals surface area (Å²) in [5.74, 6) is 0. The standard InChI is InChI=1S/C19H21F3N4S/c1-3-9-26(10-4-2)18-8-7-16(27-18)13-5-6-14(23-12-13)15-11-17(25-24-15)19(20,21)22/h5-8,11-12H,3-4,9-10H2,1-2H3,(H,24,25). The van der Waals surface area contributed by atoms with Gasteiger partial charge in [0.05, 0.1) is 10.7 Å². The zero-order valence-corrected chi connectivity index (χ0v) is 16.0. The van der Waals surface area contributed by atoms with Crippen molar-refractivity contribution in [2.45, 2.75) is 32.9 Å². The van der Waals surface area contributed by atoms with E-state index >= 15 is 0 Å². The van der Waals surface area contributed by atoms with Crippen LogP contribution in [0.4, 0.5) is 18.2 Å². The highest BCUT2D eigenvalue weighted by molar-refractivity contribution is 7.19. The topological polar surface area (TPSA) is 44.8 Å². The molecule has 3 aromatic heterocycles. The van der Waals surface area contributed by atoms with Crippen molar-refractivity contribution in [3.63, 3.8) is 0 Å². The Morgan fingerprint density at radius 1 is 1.04 bits per heavy atom. The third-order valence-corrected chi connectivity index (χ3v) is 5.28. The maximum absolute atomic E-state index is 12.7. The van der Waals surface area contributed by atoms with Crippen molar-refractivity contribution >= 4 is 16.3 Å². The van der Waals surface area contributed by atoms with E-state index in [-0.39, 0.29) is 5.69 Å². The summed E-state index contributed by atoms with van der Waals surface area (Å²) in [6.45, 7) is 6.37. The molecule has 0 aliphatic rings. The van der Waals surface area contributed by atoms with Gasteiger partial charge in [0.2, 0.25) is 0 Å². The highest BCUT2D eigenvalue weighted by Gasteiger charge is 2.33. The van der Waals surface area contributed by atoms with Crippen LogP contribution < -0.4 is 4.90 Å². The summed E-state index contributed by atoms with van der Waals surface area (Å²) in [5, 5.41) is 6.95. The second-order valence-electron chi connectivity index (χ2n) is 6.22. The molecule has 0 aliphatic heterocycles. The van der Waals surface area contributed by atoms with Gasteiger partial charge in [-0.1, -0.05) is 13.8 Å². The van der Waals surface area contributed by atoms with Gasteiger partial charge in [-0.15, -0.1) is 11.3 Å². The van der Waals surface area contributed by atoms with Gasteiger partial charge in [0, 0.05) is 29.7 Å². The number of alkyl halides is 3. The van der Waals surface area contributed by atoms with Gasteiger partial charge < -0.3 is 4.90 Å². The molecule has 3 aromatic rings. The number of thiophene rings is 1. The van der Waals surface area contributed by atoms with Crippen LogP contribution in [0.3, 0.4) is 0 Å². The zero-order valence-electron chi connectivity index (χ0n) is 15.2. The largest absolute Gasteiger partial charge is 0.432 e. The molecular weight excluding hydrogens is 373 g/mol. The lowest BCUT2D eigenvalue weighted by Crippen LogP contribution is -2.23. The van der Waals surface area contributed by atoms with Gasteiger partial charge in [-0.3, -0.25) is 10.1 Å². The molecule has 3 rings (SSSR count). The number of nitrogens with one attached hydrogen (secondary N) is 1. The Morgan fingerprint density at radius 2 is 1.78 bits per heavy atom. The summed E-state index contributed by atoms with van der Waals surface area (Å²) in [6.07, 6.45) is -0.585. The van der Waals surface area contributed by atoms with Gasteiger partial charge in [0.15, 0.2) is 0 Å². The Kier molecular flexibility index (Phi) is 5.84. The molecule has 0 aliphatic carbocycles. The van der Waals surface area contributed by atoms with Crippen LogP contribution in [0.5, 0.6) is 0 Å². The number of aromatic amines is 1. The van der Waals surface area contributed by atoms with Crippen molar-refractivity contribution in [2.24, 2.45) is 0 Å². The first-order valence-corrected chi connectivity index (χ1v) is 9.68. The highest BCUT2D eigenvalue weighted by Crippen LogP contribution is 2.34. The average molecular weight is 394 g/mol. The number of halogens is 3. The monoisotopic (exact) mass is 394 g/mol. The van der Waals surface area contributed by atoms with Crippen LogP contribution in [-0.4, -0.2) is 28.3 Å². The fraction of sp³-hybridized carbons (Fsp3) is 0.368. The van der Waals surface area contributed by atoms with E-state index in [1.54, 1.807) is 23.6 Å². The number of aromatic nitrogens is 3. The molecule has 1 N–H and O–H groups in total. The molecule has 4 nitrogen and oxygen atoms in total. The first-order valence-electron chi connectivity index (χ1n) is 8.86. The molecule has 0 radical (unpaired) electrons. The van der Waals surface area contributed by atoms with Gasteiger partial charge in [-0.2, -0.15) is 18.3 Å². The number of anilines is 1. The van der Waals surface area contributed by atoms with Gasteiger partial charge in [0.25, 0.3) is 0 Å². The molecular formula is C19H21F3N4S. The van der Waals surface area contributed by atoms with Crippen LogP contribution in [0.15, 0.2) is 36.5 Å². The summed E-state index contributed by atoms with van der Waals surface area (Å²) >= 11 is 1.70. The molecule has 0 unspecified atom stereocenters. The van der Waals surface area contributed by atoms with E-state index in [2.05, 4.69) is 41.0 Å². The predicted molar refractivity (Wildman–Crippen MR) is 103 cm³/mol. The minimum Gasteiger partial charge on any atom is -0.363 e. The molecule has 0 atom stereocenters. The number of rotatable bonds is 7. The summed E-state index contributed by atoms with van der Waals surface area (Å²) in [6, 6.07) is 8.71. The zero-order chi connectivity index (χ0) is 19.4. The van der Waals surface area contributed by atoms with Crippen molar-refractivity contribution in [3.8, 4) is 21.8 Å². The first kappa shape index (κ1) is 19.4. The molecule has 3 heterocycles. The summed E-state index contributed by atoms with van der Waals surface area (Å²) in [4.78, 5) is 7.75. The van der Waals surface area contributed by atoms with E-state index in [1.807, 2.05) is 11.2 Å². The average Bonchev–Trinajstić information content (AvgIpc) is 3.31. The number of pyridine rings is 1. The summed E-state index contributed by atoms with van der Waals surface area (Å²) in [5.41, 5.74) is 0.645. The minimum absolute atomic E-state index is 0.179. The van der Waals surface area contributed by atoms with Crippen LogP contribution in [0, 0.1) is 0 Å². The van der Waals surface area contributed by atoms with Crippen molar-refractivity contribution in [1.29, 1.82) is 0 Å². The Balaban J connectivity index is 1.79. The van der Waals surface area contributed by atoms with E-state index in [4.69, 9.17) is 0 Å². The van der Waals surface area contributed by atoms with Crippen LogP contribution in [0.2, 0.25) is 0 Å². The van der Waals surface area contributed by atoms with E-state index in [0.717, 1.165) is 42.4 Å². The normalized spacial score (nSPS) is 11.7. The van der Waals surface area contributed by atoms with Crippen molar-refractivity contribution in [1.82, 2.24) is 15.2 Å². The van der Waals surface area contributed by atoms with Crippen LogP contribution in [-0.2, 0) is 6.18 Å². The van der Waals surface area contributed by atoms with E-state index in [9.17, 15) is 13.2 Å². The van der Waals surface area contributed by atoms with Crippen LogP contribution in [0.25, 0.3) is 21.8 Å². The number of nitrogens with zero attached hydrogens (tertiary/aromatic N) is 3. The lowest BCUT2D eigenvalue weighted by atomic mass is 10.2. The van der Waals surface area contributed by atoms with Crippen LogP contribution in [0.1, 0.15) is 32.4 Å². The molecule has 0 spiro atoms. The Hall–Kier alpha value is -2.35. The first-order chi connectivity index (χ1) is 12.9. The number of hydrogen-bond acceptors (Lipinski definition) is 4. The lowest BCUT2D eigenvalue weighted by molar-refractivity contribution is -0.141. The van der Waals surface area contributed by atoms with E-state index < -0.39 is 11.9 Å². The third-order valence-electron chi connectivity index (χ3n) is 4.08. The van der Waals surface area contributed by atoms with Crippen molar-refractivity contribution in [3.05, 3.63) is 42.2 Å². The Labute approximate surface area is 160 Å². The fourth-order valence-corrected chi connectivity index (χ4v) is 3.86. The Morgan fingerprint density at radius 3 is 2.33 bits per heavy atom. The molecule has 0 aromatic carbocycles. The molecule has 0 fully saturated rings. The second kappa shape index (κ2) is 8.12. The van der Waals surface area contributed by atoms with Crippen molar-refractivity contribution < 1.29 is 13.2 Å². The highest BCUT2D eigenvalue weighted by atomic mass is 32.1. The van der Waals surface area contributed by atoms with Gasteiger partial charge in [-0.05, 0) is 43.2 Å². The smallest absolute Gasteiger partial charge is 0.363 e. The molecule has 0 amide bonds. The second-order valence-corrected chi connectivity index (χ2v) is 7.28. The third kappa shape index (κ3) is 4.50. The molecule has 144 valence electrons. The molecule has 0 bridgehead atoms. The molecule has 8 heteroatoms. The maximum atomic E-state index is 12.7.